The maximum atomic E-state index is 5.52. The van der Waals surface area contributed by atoms with Crippen molar-refractivity contribution in [2.75, 3.05) is 13.2 Å². The second kappa shape index (κ2) is 5.89. The van der Waals surface area contributed by atoms with Crippen molar-refractivity contribution in [1.82, 2.24) is 14.5 Å². The zero-order valence-electron chi connectivity index (χ0n) is 12.5. The minimum Gasteiger partial charge on any atom is -0.381 e. The number of fused-ring (bicyclic) bond motifs is 1. The third-order valence-electron chi connectivity index (χ3n) is 4.25. The van der Waals surface area contributed by atoms with Crippen molar-refractivity contribution in [1.29, 1.82) is 0 Å². The Labute approximate surface area is 129 Å². The van der Waals surface area contributed by atoms with E-state index in [0.29, 0.717) is 5.92 Å². The maximum Gasteiger partial charge on any atom is 0.160 e. The fourth-order valence-electron chi connectivity index (χ4n) is 3.10. The lowest BCUT2D eigenvalue weighted by Gasteiger charge is -2.12. The second-order valence-electron chi connectivity index (χ2n) is 5.88. The molecule has 1 unspecified atom stereocenters. The summed E-state index contributed by atoms with van der Waals surface area (Å²) in [5.41, 5.74) is 3.24. The molecule has 0 spiro atoms. The van der Waals surface area contributed by atoms with Crippen LogP contribution in [0, 0.1) is 5.92 Å². The number of nitrogens with zero attached hydrogens (tertiary/aromatic N) is 3. The fraction of sp³-hybridized carbons (Fsp3) is 0.333. The summed E-state index contributed by atoms with van der Waals surface area (Å²) in [7, 11) is 0. The van der Waals surface area contributed by atoms with Crippen molar-refractivity contribution in [3.8, 4) is 0 Å². The van der Waals surface area contributed by atoms with E-state index in [1.54, 1.807) is 0 Å². The van der Waals surface area contributed by atoms with Crippen LogP contribution < -0.4 is 0 Å². The Morgan fingerprint density at radius 2 is 2.05 bits per heavy atom. The van der Waals surface area contributed by atoms with Crippen molar-refractivity contribution in [2.45, 2.75) is 19.4 Å². The molecule has 3 heterocycles. The van der Waals surface area contributed by atoms with Gasteiger partial charge in [0.05, 0.1) is 6.61 Å². The number of imidazole rings is 1. The van der Waals surface area contributed by atoms with Crippen LogP contribution in [0.2, 0.25) is 0 Å². The lowest BCUT2D eigenvalue weighted by Crippen LogP contribution is -2.14. The van der Waals surface area contributed by atoms with Gasteiger partial charge in [-0.3, -0.25) is 0 Å². The average Bonchev–Trinajstić information content (AvgIpc) is 3.18. The first-order chi connectivity index (χ1) is 10.9. The minimum atomic E-state index is 0.564. The van der Waals surface area contributed by atoms with Gasteiger partial charge in [-0.2, -0.15) is 0 Å². The zero-order valence-corrected chi connectivity index (χ0v) is 12.5. The summed E-state index contributed by atoms with van der Waals surface area (Å²) in [6.45, 7) is 2.66. The van der Waals surface area contributed by atoms with Gasteiger partial charge in [0, 0.05) is 31.7 Å². The Kier molecular flexibility index (Phi) is 3.60. The molecule has 2 aromatic heterocycles. The van der Waals surface area contributed by atoms with Gasteiger partial charge in [-0.15, -0.1) is 0 Å². The van der Waals surface area contributed by atoms with Gasteiger partial charge < -0.3 is 9.30 Å². The van der Waals surface area contributed by atoms with Crippen LogP contribution in [0.25, 0.3) is 11.2 Å². The number of aromatic nitrogens is 3. The molecule has 3 aromatic rings. The van der Waals surface area contributed by atoms with Gasteiger partial charge in [0.1, 0.15) is 11.3 Å². The monoisotopic (exact) mass is 293 g/mol. The molecule has 0 radical (unpaired) electrons. The highest BCUT2D eigenvalue weighted by molar-refractivity contribution is 5.71. The summed E-state index contributed by atoms with van der Waals surface area (Å²) in [4.78, 5) is 9.35. The van der Waals surface area contributed by atoms with Crippen LogP contribution in [0.3, 0.4) is 0 Å². The summed E-state index contributed by atoms with van der Waals surface area (Å²) < 4.78 is 7.80. The normalized spacial score (nSPS) is 18.1. The molecule has 112 valence electrons. The number of pyridine rings is 1. The molecule has 1 aromatic carbocycles. The van der Waals surface area contributed by atoms with E-state index >= 15 is 0 Å². The second-order valence-corrected chi connectivity index (χ2v) is 5.88. The van der Waals surface area contributed by atoms with Crippen LogP contribution in [-0.4, -0.2) is 27.7 Å². The fourth-order valence-corrected chi connectivity index (χ4v) is 3.10. The zero-order chi connectivity index (χ0) is 14.8. The summed E-state index contributed by atoms with van der Waals surface area (Å²) in [5, 5.41) is 0. The molecule has 4 heteroatoms. The van der Waals surface area contributed by atoms with Gasteiger partial charge in [0.2, 0.25) is 0 Å². The van der Waals surface area contributed by atoms with Crippen LogP contribution in [-0.2, 0) is 17.7 Å². The lowest BCUT2D eigenvalue weighted by atomic mass is 10.1. The Morgan fingerprint density at radius 3 is 2.86 bits per heavy atom. The lowest BCUT2D eigenvalue weighted by molar-refractivity contribution is 0.182. The van der Waals surface area contributed by atoms with Crippen LogP contribution in [0.4, 0.5) is 0 Å². The first kappa shape index (κ1) is 13.5. The number of ether oxygens (including phenoxy) is 1. The Balaban J connectivity index is 1.72. The Hall–Kier alpha value is -2.20. The van der Waals surface area contributed by atoms with Gasteiger partial charge in [-0.25, -0.2) is 9.97 Å². The van der Waals surface area contributed by atoms with Crippen LogP contribution in [0.1, 0.15) is 17.8 Å². The number of hydrogen-bond donors (Lipinski definition) is 0. The largest absolute Gasteiger partial charge is 0.381 e. The molecular formula is C18H19N3O. The van der Waals surface area contributed by atoms with Gasteiger partial charge >= 0.3 is 0 Å². The van der Waals surface area contributed by atoms with Gasteiger partial charge in [0.15, 0.2) is 5.65 Å². The standard InChI is InChI=1S/C18H19N3O/c1-2-5-14(6-3-1)11-17-20-16-7-4-9-19-18(16)21(17)12-15-8-10-22-13-15/h1-7,9,15H,8,10-13H2. The molecule has 4 nitrogen and oxygen atoms in total. The highest BCUT2D eigenvalue weighted by Gasteiger charge is 2.20. The van der Waals surface area contributed by atoms with Gasteiger partial charge in [-0.1, -0.05) is 30.3 Å². The van der Waals surface area contributed by atoms with Crippen LogP contribution in [0.15, 0.2) is 48.7 Å². The average molecular weight is 293 g/mol. The van der Waals surface area contributed by atoms with Gasteiger partial charge in [-0.05, 0) is 24.1 Å². The highest BCUT2D eigenvalue weighted by atomic mass is 16.5. The van der Waals surface area contributed by atoms with E-state index in [9.17, 15) is 0 Å². The minimum absolute atomic E-state index is 0.564. The SMILES string of the molecule is c1ccc(Cc2nc3cccnc3n2CC2CCOC2)cc1. The Morgan fingerprint density at radius 1 is 1.14 bits per heavy atom. The van der Waals surface area contributed by atoms with Crippen molar-refractivity contribution < 1.29 is 4.74 Å². The summed E-state index contributed by atoms with van der Waals surface area (Å²) in [5.74, 6) is 1.65. The molecule has 1 aliphatic heterocycles. The predicted octanol–water partition coefficient (Wildman–Crippen LogP) is 3.06. The van der Waals surface area contributed by atoms with E-state index in [4.69, 9.17) is 9.72 Å². The van der Waals surface area contributed by atoms with Gasteiger partial charge in [0.25, 0.3) is 0 Å². The third-order valence-corrected chi connectivity index (χ3v) is 4.25. The molecule has 1 atom stereocenters. The third kappa shape index (κ3) is 2.62. The molecular weight excluding hydrogens is 274 g/mol. The molecule has 1 aliphatic rings. The maximum absolute atomic E-state index is 5.52. The van der Waals surface area contributed by atoms with Crippen molar-refractivity contribution in [3.63, 3.8) is 0 Å². The summed E-state index contributed by atoms with van der Waals surface area (Å²) in [6, 6.07) is 14.5. The van der Waals surface area contributed by atoms with E-state index in [2.05, 4.69) is 33.8 Å². The molecule has 22 heavy (non-hydrogen) atoms. The predicted molar refractivity (Wildman–Crippen MR) is 85.7 cm³/mol. The number of rotatable bonds is 4. The quantitative estimate of drug-likeness (QED) is 0.742. The van der Waals surface area contributed by atoms with Crippen LogP contribution >= 0.6 is 0 Å². The molecule has 0 N–H and O–H groups in total. The molecule has 4 rings (SSSR count). The number of benzene rings is 1. The van der Waals surface area contributed by atoms with E-state index in [1.807, 2.05) is 24.4 Å². The Bertz CT molecular complexity index is 760. The highest BCUT2D eigenvalue weighted by Crippen LogP contribution is 2.21. The molecule has 1 fully saturated rings. The van der Waals surface area contributed by atoms with E-state index < -0.39 is 0 Å². The summed E-state index contributed by atoms with van der Waals surface area (Å²) >= 11 is 0. The topological polar surface area (TPSA) is 39.9 Å². The molecule has 0 amide bonds. The van der Waals surface area contributed by atoms with Crippen molar-refractivity contribution >= 4 is 11.2 Å². The smallest absolute Gasteiger partial charge is 0.160 e. The van der Waals surface area contributed by atoms with Crippen LogP contribution in [0.5, 0.6) is 0 Å². The molecule has 0 bridgehead atoms. The first-order valence-corrected chi connectivity index (χ1v) is 7.82. The first-order valence-electron chi connectivity index (χ1n) is 7.82. The van der Waals surface area contributed by atoms with Crippen molar-refractivity contribution in [3.05, 3.63) is 60.0 Å². The van der Waals surface area contributed by atoms with E-state index in [1.165, 1.54) is 5.56 Å². The van der Waals surface area contributed by atoms with E-state index in [0.717, 1.165) is 49.6 Å². The van der Waals surface area contributed by atoms with Crippen molar-refractivity contribution in [2.24, 2.45) is 5.92 Å². The molecule has 0 aliphatic carbocycles. The molecule has 0 saturated carbocycles. The molecule has 1 saturated heterocycles. The van der Waals surface area contributed by atoms with E-state index in [-0.39, 0.29) is 0 Å². The number of hydrogen-bond acceptors (Lipinski definition) is 3. The summed E-state index contributed by atoms with van der Waals surface area (Å²) in [6.07, 6.45) is 3.81.